The highest BCUT2D eigenvalue weighted by molar-refractivity contribution is 5.85. The molecule has 0 aromatic heterocycles. The maximum atomic E-state index is 10.7. The number of hydrogen-bond donors (Lipinski definition) is 1. The van der Waals surface area contributed by atoms with Crippen molar-refractivity contribution in [1.82, 2.24) is 0 Å². The first-order chi connectivity index (χ1) is 5.37. The van der Waals surface area contributed by atoms with Crippen LogP contribution >= 0.6 is 12.4 Å². The summed E-state index contributed by atoms with van der Waals surface area (Å²) in [4.78, 5) is 10.7. The lowest BCUT2D eigenvalue weighted by atomic mass is 10.1. The average Bonchev–Trinajstić information content (AvgIpc) is 2.32. The van der Waals surface area contributed by atoms with Crippen molar-refractivity contribution in [3.8, 4) is 0 Å². The Labute approximate surface area is 85.4 Å². The number of hydrogen-bond acceptors (Lipinski definition) is 1. The molecule has 0 spiro atoms. The van der Waals surface area contributed by atoms with Gasteiger partial charge < -0.3 is 5.11 Å². The molecule has 0 amide bonds. The van der Waals surface area contributed by atoms with Crippen LogP contribution in [0.5, 0.6) is 0 Å². The van der Waals surface area contributed by atoms with E-state index in [2.05, 4.69) is 6.08 Å². The lowest BCUT2D eigenvalue weighted by molar-refractivity contribution is -0.139. The van der Waals surface area contributed by atoms with Crippen molar-refractivity contribution in [2.24, 2.45) is 17.3 Å². The van der Waals surface area contributed by atoms with Crippen molar-refractivity contribution in [2.45, 2.75) is 27.7 Å². The van der Waals surface area contributed by atoms with Crippen LogP contribution in [0.2, 0.25) is 0 Å². The maximum Gasteiger partial charge on any atom is 0.307 e. The molecule has 1 aliphatic carbocycles. The van der Waals surface area contributed by atoms with Crippen molar-refractivity contribution in [3.63, 3.8) is 0 Å². The highest BCUT2D eigenvalue weighted by atomic mass is 35.5. The van der Waals surface area contributed by atoms with E-state index in [1.54, 1.807) is 0 Å². The number of halogens is 1. The van der Waals surface area contributed by atoms with Gasteiger partial charge in [-0.1, -0.05) is 25.5 Å². The number of allylic oxidation sites excluding steroid dienone is 2. The lowest BCUT2D eigenvalue weighted by Gasteiger charge is -1.96. The van der Waals surface area contributed by atoms with Gasteiger partial charge in [-0.3, -0.25) is 4.79 Å². The second-order valence-corrected chi connectivity index (χ2v) is 4.41. The second-order valence-electron chi connectivity index (χ2n) is 4.41. The minimum Gasteiger partial charge on any atom is -0.481 e. The van der Waals surface area contributed by atoms with Crippen LogP contribution in [0.25, 0.3) is 0 Å². The molecule has 1 fully saturated rings. The van der Waals surface area contributed by atoms with E-state index < -0.39 is 5.97 Å². The van der Waals surface area contributed by atoms with Crippen molar-refractivity contribution >= 4 is 18.4 Å². The minimum absolute atomic E-state index is 0. The van der Waals surface area contributed by atoms with E-state index in [9.17, 15) is 4.79 Å². The van der Waals surface area contributed by atoms with Crippen LogP contribution in [0.15, 0.2) is 11.6 Å². The summed E-state index contributed by atoms with van der Waals surface area (Å²) in [5.74, 6) is -0.602. The fourth-order valence-electron chi connectivity index (χ4n) is 1.82. The Bertz CT molecular complexity index is 239. The van der Waals surface area contributed by atoms with E-state index >= 15 is 0 Å². The zero-order valence-corrected chi connectivity index (χ0v) is 9.31. The van der Waals surface area contributed by atoms with Crippen LogP contribution in [0.1, 0.15) is 27.7 Å². The number of aliphatic carboxylic acids is 1. The molecule has 13 heavy (non-hydrogen) atoms. The molecule has 1 rings (SSSR count). The SMILES string of the molecule is CC(C)=CC1[C@@H](C(=O)O)C1(C)C.Cl. The molecule has 1 aliphatic rings. The number of carboxylic acid groups (broad SMARTS) is 1. The Morgan fingerprint density at radius 1 is 1.38 bits per heavy atom. The fraction of sp³-hybridized carbons (Fsp3) is 0.700. The Morgan fingerprint density at radius 2 is 1.85 bits per heavy atom. The van der Waals surface area contributed by atoms with E-state index in [0.717, 1.165) is 0 Å². The maximum absolute atomic E-state index is 10.7. The van der Waals surface area contributed by atoms with Gasteiger partial charge in [0.2, 0.25) is 0 Å². The van der Waals surface area contributed by atoms with E-state index in [0.29, 0.717) is 0 Å². The summed E-state index contributed by atoms with van der Waals surface area (Å²) >= 11 is 0. The topological polar surface area (TPSA) is 37.3 Å². The van der Waals surface area contributed by atoms with E-state index in [1.165, 1.54) is 5.57 Å². The predicted octanol–water partition coefficient (Wildman–Crippen LogP) is 2.73. The zero-order valence-electron chi connectivity index (χ0n) is 8.50. The largest absolute Gasteiger partial charge is 0.481 e. The normalized spacial score (nSPS) is 28.6. The number of carbonyl (C=O) groups is 1. The molecule has 0 saturated heterocycles. The molecule has 0 heterocycles. The molecule has 0 radical (unpaired) electrons. The third-order valence-corrected chi connectivity index (χ3v) is 2.69. The van der Waals surface area contributed by atoms with Crippen LogP contribution in [0, 0.1) is 17.3 Å². The molecule has 3 heteroatoms. The van der Waals surface area contributed by atoms with E-state index in [4.69, 9.17) is 5.11 Å². The highest BCUT2D eigenvalue weighted by Gasteiger charge is 2.60. The standard InChI is InChI=1S/C10H16O2.ClH/c1-6(2)5-7-8(9(11)12)10(7,3)4;/h5,7-8H,1-4H3,(H,11,12);1H/t7?,8-;/m0./s1. The molecular formula is C10H17ClO2. The van der Waals surface area contributed by atoms with Crippen molar-refractivity contribution < 1.29 is 9.90 Å². The molecule has 0 aromatic rings. The van der Waals surface area contributed by atoms with Gasteiger partial charge in [0.25, 0.3) is 0 Å². The molecule has 0 aromatic carbocycles. The van der Waals surface area contributed by atoms with Crippen molar-refractivity contribution in [2.75, 3.05) is 0 Å². The molecule has 76 valence electrons. The first-order valence-corrected chi connectivity index (χ1v) is 4.25. The van der Waals surface area contributed by atoms with Gasteiger partial charge in [-0.2, -0.15) is 0 Å². The summed E-state index contributed by atoms with van der Waals surface area (Å²) in [6.45, 7) is 8.03. The molecule has 2 atom stereocenters. The summed E-state index contributed by atoms with van der Waals surface area (Å²) in [6, 6.07) is 0. The van der Waals surface area contributed by atoms with Gasteiger partial charge in [-0.05, 0) is 25.2 Å². The van der Waals surface area contributed by atoms with Crippen molar-refractivity contribution in [3.05, 3.63) is 11.6 Å². The minimum atomic E-state index is -0.664. The average molecular weight is 205 g/mol. The van der Waals surface area contributed by atoms with E-state index in [1.807, 2.05) is 27.7 Å². The fourth-order valence-corrected chi connectivity index (χ4v) is 1.82. The summed E-state index contributed by atoms with van der Waals surface area (Å²) in [5.41, 5.74) is 1.17. The Morgan fingerprint density at radius 3 is 2.08 bits per heavy atom. The number of carboxylic acids is 1. The highest BCUT2D eigenvalue weighted by Crippen LogP contribution is 2.59. The van der Waals surface area contributed by atoms with Gasteiger partial charge in [0.15, 0.2) is 0 Å². The Balaban J connectivity index is 0.00000144. The molecular weight excluding hydrogens is 188 g/mol. The quantitative estimate of drug-likeness (QED) is 0.703. The molecule has 1 saturated carbocycles. The Hall–Kier alpha value is -0.500. The molecule has 2 nitrogen and oxygen atoms in total. The van der Waals surface area contributed by atoms with Crippen LogP contribution < -0.4 is 0 Å². The molecule has 1 unspecified atom stereocenters. The van der Waals surface area contributed by atoms with Crippen molar-refractivity contribution in [1.29, 1.82) is 0 Å². The van der Waals surface area contributed by atoms with Gasteiger partial charge in [-0.25, -0.2) is 0 Å². The number of rotatable bonds is 2. The molecule has 0 aliphatic heterocycles. The summed E-state index contributed by atoms with van der Waals surface area (Å²) in [6.07, 6.45) is 2.07. The third kappa shape index (κ3) is 2.25. The third-order valence-electron chi connectivity index (χ3n) is 2.69. The smallest absolute Gasteiger partial charge is 0.307 e. The zero-order chi connectivity index (χ0) is 9.52. The van der Waals surface area contributed by atoms with Crippen LogP contribution in [-0.2, 0) is 4.79 Å². The lowest BCUT2D eigenvalue weighted by Crippen LogP contribution is -2.02. The van der Waals surface area contributed by atoms with Gasteiger partial charge in [0, 0.05) is 0 Å². The van der Waals surface area contributed by atoms with Gasteiger partial charge in [-0.15, -0.1) is 12.4 Å². The van der Waals surface area contributed by atoms with Crippen LogP contribution in [0.4, 0.5) is 0 Å². The molecule has 1 N–H and O–H groups in total. The first kappa shape index (κ1) is 12.5. The van der Waals surface area contributed by atoms with Gasteiger partial charge in [0.05, 0.1) is 5.92 Å². The molecule has 0 bridgehead atoms. The summed E-state index contributed by atoms with van der Waals surface area (Å²) in [7, 11) is 0. The monoisotopic (exact) mass is 204 g/mol. The summed E-state index contributed by atoms with van der Waals surface area (Å²) in [5, 5.41) is 8.84. The van der Waals surface area contributed by atoms with E-state index in [-0.39, 0.29) is 29.7 Å². The Kier molecular flexibility index (Phi) is 3.56. The second kappa shape index (κ2) is 3.70. The van der Waals surface area contributed by atoms with Gasteiger partial charge >= 0.3 is 5.97 Å². The predicted molar refractivity (Wildman–Crippen MR) is 55.1 cm³/mol. The van der Waals surface area contributed by atoms with Gasteiger partial charge in [0.1, 0.15) is 0 Å². The first-order valence-electron chi connectivity index (χ1n) is 4.25. The van der Waals surface area contributed by atoms with Crippen LogP contribution in [0.3, 0.4) is 0 Å². The summed E-state index contributed by atoms with van der Waals surface area (Å²) < 4.78 is 0. The van der Waals surface area contributed by atoms with Crippen LogP contribution in [-0.4, -0.2) is 11.1 Å².